The molecule has 0 amide bonds. The third-order valence-corrected chi connectivity index (χ3v) is 6.12. The first-order valence-electron chi connectivity index (χ1n) is 8.37. The van der Waals surface area contributed by atoms with Crippen LogP contribution in [0.25, 0.3) is 10.6 Å². The molecule has 0 radical (unpaired) electrons. The number of hydrogen-bond acceptors (Lipinski definition) is 6. The average molecular weight is 415 g/mol. The second kappa shape index (κ2) is 8.92. The van der Waals surface area contributed by atoms with Crippen molar-refractivity contribution in [3.8, 4) is 10.6 Å². The predicted molar refractivity (Wildman–Crippen MR) is 108 cm³/mol. The zero-order chi connectivity index (χ0) is 20.0. The van der Waals surface area contributed by atoms with Crippen molar-refractivity contribution in [2.45, 2.75) is 11.5 Å². The summed E-state index contributed by atoms with van der Waals surface area (Å²) in [5.74, 6) is -0.544. The van der Waals surface area contributed by atoms with Crippen LogP contribution in [0, 0.1) is 0 Å². The number of aromatic nitrogens is 1. The molecule has 0 spiro atoms. The molecule has 0 saturated carbocycles. The van der Waals surface area contributed by atoms with Gasteiger partial charge >= 0.3 is 5.97 Å². The molecule has 144 valence electrons. The van der Waals surface area contributed by atoms with Gasteiger partial charge in [0.2, 0.25) is 10.0 Å². The van der Waals surface area contributed by atoms with E-state index in [1.807, 2.05) is 35.7 Å². The Hall–Kier alpha value is -2.81. The van der Waals surface area contributed by atoms with Crippen LogP contribution in [0.4, 0.5) is 0 Å². The zero-order valence-electron chi connectivity index (χ0n) is 14.9. The maximum Gasteiger partial charge on any atom is 0.338 e. The first-order chi connectivity index (χ1) is 13.5. The van der Waals surface area contributed by atoms with Gasteiger partial charge in [-0.2, -0.15) is 0 Å². The normalized spacial score (nSPS) is 11.1. The minimum Gasteiger partial charge on any atom is -0.456 e. The smallest absolute Gasteiger partial charge is 0.338 e. The lowest BCUT2D eigenvalue weighted by Crippen LogP contribution is -2.23. The first kappa shape index (κ1) is 19.9. The molecule has 0 bridgehead atoms. The number of sulfonamides is 1. The van der Waals surface area contributed by atoms with E-state index in [-0.39, 0.29) is 23.6 Å². The van der Waals surface area contributed by atoms with Crippen molar-refractivity contribution in [1.82, 2.24) is 9.71 Å². The van der Waals surface area contributed by atoms with Crippen molar-refractivity contribution in [2.75, 3.05) is 6.54 Å². The van der Waals surface area contributed by atoms with Crippen LogP contribution in [-0.2, 0) is 21.4 Å². The Bertz CT molecular complexity index is 1060. The fourth-order valence-corrected chi connectivity index (χ4v) is 4.14. The van der Waals surface area contributed by atoms with Gasteiger partial charge in [0.25, 0.3) is 0 Å². The Kier molecular flexibility index (Phi) is 6.35. The molecule has 0 aliphatic carbocycles. The summed E-state index contributed by atoms with van der Waals surface area (Å²) >= 11 is 1.48. The van der Waals surface area contributed by atoms with Crippen LogP contribution in [0.3, 0.4) is 0 Å². The van der Waals surface area contributed by atoms with Gasteiger partial charge in [0.1, 0.15) is 11.6 Å². The minimum atomic E-state index is -3.63. The van der Waals surface area contributed by atoms with Crippen molar-refractivity contribution >= 4 is 27.3 Å². The highest BCUT2D eigenvalue weighted by atomic mass is 32.2. The van der Waals surface area contributed by atoms with E-state index in [9.17, 15) is 13.2 Å². The lowest BCUT2D eigenvalue weighted by atomic mass is 10.2. The number of thiazole rings is 1. The minimum absolute atomic E-state index is 0.0447. The van der Waals surface area contributed by atoms with Crippen LogP contribution in [0.2, 0.25) is 0 Å². The van der Waals surface area contributed by atoms with Gasteiger partial charge in [-0.1, -0.05) is 36.4 Å². The van der Waals surface area contributed by atoms with Crippen molar-refractivity contribution < 1.29 is 17.9 Å². The predicted octanol–water partition coefficient (Wildman–Crippen LogP) is 3.63. The summed E-state index contributed by atoms with van der Waals surface area (Å²) in [5, 5.41) is 2.70. The van der Waals surface area contributed by atoms with E-state index in [0.29, 0.717) is 5.69 Å². The monoisotopic (exact) mass is 414 g/mol. The molecule has 0 atom stereocenters. The molecular weight excluding hydrogens is 396 g/mol. The molecule has 1 aromatic heterocycles. The SMILES string of the molecule is C=CCNS(=O)(=O)c1ccc(C(=O)OCc2csc(-c3ccccc3)n2)cc1. The van der Waals surface area contributed by atoms with Gasteiger partial charge in [-0.3, -0.25) is 0 Å². The van der Waals surface area contributed by atoms with Crippen molar-refractivity contribution in [3.05, 3.63) is 83.9 Å². The Balaban J connectivity index is 1.61. The van der Waals surface area contributed by atoms with E-state index in [0.717, 1.165) is 10.6 Å². The number of ether oxygens (including phenoxy) is 1. The average Bonchev–Trinajstić information content (AvgIpc) is 3.20. The van der Waals surface area contributed by atoms with Crippen molar-refractivity contribution in [2.24, 2.45) is 0 Å². The van der Waals surface area contributed by atoms with E-state index in [2.05, 4.69) is 16.3 Å². The number of nitrogens with one attached hydrogen (secondary N) is 1. The van der Waals surface area contributed by atoms with E-state index in [1.165, 1.54) is 41.7 Å². The van der Waals surface area contributed by atoms with Gasteiger partial charge < -0.3 is 4.74 Å². The molecule has 8 heteroatoms. The lowest BCUT2D eigenvalue weighted by molar-refractivity contribution is 0.0468. The van der Waals surface area contributed by atoms with Crippen LogP contribution < -0.4 is 4.72 Å². The van der Waals surface area contributed by atoms with Crippen LogP contribution in [-0.4, -0.2) is 25.9 Å². The van der Waals surface area contributed by atoms with Crippen molar-refractivity contribution in [3.63, 3.8) is 0 Å². The lowest BCUT2D eigenvalue weighted by Gasteiger charge is -2.06. The second-order valence-electron chi connectivity index (χ2n) is 5.75. The Morgan fingerprint density at radius 2 is 1.86 bits per heavy atom. The summed E-state index contributed by atoms with van der Waals surface area (Å²) < 4.78 is 31.7. The summed E-state index contributed by atoms with van der Waals surface area (Å²) in [7, 11) is -3.63. The molecule has 3 rings (SSSR count). The summed E-state index contributed by atoms with van der Waals surface area (Å²) in [6.45, 7) is 3.64. The van der Waals surface area contributed by atoms with Crippen LogP contribution in [0.5, 0.6) is 0 Å². The molecule has 0 fully saturated rings. The zero-order valence-corrected chi connectivity index (χ0v) is 16.5. The fourth-order valence-electron chi connectivity index (χ4n) is 2.33. The Morgan fingerprint density at radius 3 is 2.54 bits per heavy atom. The van der Waals surface area contributed by atoms with E-state index in [1.54, 1.807) is 0 Å². The van der Waals surface area contributed by atoms with Crippen LogP contribution in [0.1, 0.15) is 16.1 Å². The highest BCUT2D eigenvalue weighted by molar-refractivity contribution is 7.89. The Morgan fingerprint density at radius 1 is 1.14 bits per heavy atom. The van der Waals surface area contributed by atoms with Crippen LogP contribution in [0.15, 0.2) is 77.5 Å². The fraction of sp³-hybridized carbons (Fsp3) is 0.100. The number of nitrogens with zero attached hydrogens (tertiary/aromatic N) is 1. The maximum atomic E-state index is 12.2. The number of rotatable bonds is 8. The highest BCUT2D eigenvalue weighted by Crippen LogP contribution is 2.23. The summed E-state index contributed by atoms with van der Waals surface area (Å²) in [5.41, 5.74) is 1.93. The number of esters is 1. The third kappa shape index (κ3) is 4.92. The van der Waals surface area contributed by atoms with Gasteiger partial charge in [0, 0.05) is 17.5 Å². The van der Waals surface area contributed by atoms with E-state index in [4.69, 9.17) is 4.74 Å². The largest absolute Gasteiger partial charge is 0.456 e. The number of carbonyl (C=O) groups is 1. The molecule has 0 saturated heterocycles. The van der Waals surface area contributed by atoms with E-state index >= 15 is 0 Å². The molecule has 2 aromatic carbocycles. The molecule has 3 aromatic rings. The number of benzene rings is 2. The second-order valence-corrected chi connectivity index (χ2v) is 8.38. The van der Waals surface area contributed by atoms with Gasteiger partial charge in [-0.25, -0.2) is 22.9 Å². The molecule has 0 aliphatic rings. The van der Waals surface area contributed by atoms with Crippen LogP contribution >= 0.6 is 11.3 Å². The molecule has 0 aliphatic heterocycles. The van der Waals surface area contributed by atoms with Gasteiger partial charge in [0.15, 0.2) is 0 Å². The molecule has 1 heterocycles. The molecule has 1 N–H and O–H groups in total. The van der Waals surface area contributed by atoms with Gasteiger partial charge in [-0.05, 0) is 24.3 Å². The Labute approximate surface area is 167 Å². The van der Waals surface area contributed by atoms with E-state index < -0.39 is 16.0 Å². The molecule has 28 heavy (non-hydrogen) atoms. The molecular formula is C20H18N2O4S2. The topological polar surface area (TPSA) is 85.4 Å². The molecule has 6 nitrogen and oxygen atoms in total. The summed E-state index contributed by atoms with van der Waals surface area (Å²) in [4.78, 5) is 16.7. The number of carbonyl (C=O) groups excluding carboxylic acids is 1. The highest BCUT2D eigenvalue weighted by Gasteiger charge is 2.15. The van der Waals surface area contributed by atoms with Gasteiger partial charge in [0.05, 0.1) is 16.2 Å². The van der Waals surface area contributed by atoms with Gasteiger partial charge in [-0.15, -0.1) is 17.9 Å². The quantitative estimate of drug-likeness (QED) is 0.449. The molecule has 0 unspecified atom stereocenters. The first-order valence-corrected chi connectivity index (χ1v) is 10.7. The third-order valence-electron chi connectivity index (χ3n) is 3.74. The summed E-state index contributed by atoms with van der Waals surface area (Å²) in [6, 6.07) is 15.3. The maximum absolute atomic E-state index is 12.2. The van der Waals surface area contributed by atoms with Crippen molar-refractivity contribution in [1.29, 1.82) is 0 Å². The number of hydrogen-bond donors (Lipinski definition) is 1. The summed E-state index contributed by atoms with van der Waals surface area (Å²) in [6.07, 6.45) is 1.45. The standard InChI is InChI=1S/C20H18N2O4S2/c1-2-12-21-28(24,25)18-10-8-16(9-11-18)20(23)26-13-17-14-27-19(22-17)15-6-4-3-5-7-15/h2-11,14,21H,1,12-13H2.